The Morgan fingerprint density at radius 3 is 2.78 bits per heavy atom. The maximum absolute atomic E-state index is 13.0. The van der Waals surface area contributed by atoms with Gasteiger partial charge in [0, 0.05) is 24.5 Å². The first kappa shape index (κ1) is 21.4. The Balaban J connectivity index is 1.74. The van der Waals surface area contributed by atoms with Crippen LogP contribution < -0.4 is 4.74 Å². The van der Waals surface area contributed by atoms with Crippen molar-refractivity contribution < 1.29 is 23.8 Å². The number of furan rings is 1. The number of carbonyl (C=O) groups excluding carboxylic acids is 2. The van der Waals surface area contributed by atoms with Gasteiger partial charge < -0.3 is 19.2 Å². The molecule has 1 saturated heterocycles. The summed E-state index contributed by atoms with van der Waals surface area (Å²) in [6.45, 7) is 2.79. The lowest BCUT2D eigenvalue weighted by Gasteiger charge is -2.23. The van der Waals surface area contributed by atoms with E-state index >= 15 is 0 Å². The van der Waals surface area contributed by atoms with E-state index in [0.717, 1.165) is 18.4 Å². The van der Waals surface area contributed by atoms with Crippen LogP contribution in [-0.4, -0.2) is 33.3 Å². The summed E-state index contributed by atoms with van der Waals surface area (Å²) in [7, 11) is 0. The summed E-state index contributed by atoms with van der Waals surface area (Å²) in [6.07, 6.45) is 6.66. The van der Waals surface area contributed by atoms with Crippen LogP contribution >= 0.6 is 0 Å². The van der Waals surface area contributed by atoms with Crippen LogP contribution in [0.25, 0.3) is 5.76 Å². The molecule has 1 N–H and O–H groups in total. The Kier molecular flexibility index (Phi) is 6.35. The van der Waals surface area contributed by atoms with Crippen molar-refractivity contribution in [2.24, 2.45) is 0 Å². The number of hydrogen-bond donors (Lipinski definition) is 1. The standard InChI is InChI=1S/C25H24N2O5/c1-2-3-12-31-19-9-4-8-18(14-19)23(28)21-22(20-10-6-13-32-20)27(25(30)24(21)29)16-17-7-5-11-26-15-17/h4-11,13-15,22,28H,2-3,12,16H2,1H3. The number of unbranched alkanes of at least 4 members (excludes halogenated alkanes) is 1. The van der Waals surface area contributed by atoms with Gasteiger partial charge in [0.05, 0.1) is 18.4 Å². The van der Waals surface area contributed by atoms with E-state index in [-0.39, 0.29) is 17.9 Å². The minimum Gasteiger partial charge on any atom is -0.507 e. The van der Waals surface area contributed by atoms with Crippen LogP contribution in [0, 0.1) is 0 Å². The average Bonchev–Trinajstić information content (AvgIpc) is 3.43. The predicted molar refractivity (Wildman–Crippen MR) is 118 cm³/mol. The molecule has 7 nitrogen and oxygen atoms in total. The molecule has 1 aliphatic heterocycles. The van der Waals surface area contributed by atoms with Crippen molar-refractivity contribution in [3.63, 3.8) is 0 Å². The number of nitrogens with zero attached hydrogens (tertiary/aromatic N) is 2. The van der Waals surface area contributed by atoms with Crippen LogP contribution in [0.4, 0.5) is 0 Å². The van der Waals surface area contributed by atoms with Gasteiger partial charge in [-0.05, 0) is 42.3 Å². The van der Waals surface area contributed by atoms with Crippen LogP contribution in [0.5, 0.6) is 5.75 Å². The second-order valence-electron chi connectivity index (χ2n) is 7.53. The molecule has 0 bridgehead atoms. The van der Waals surface area contributed by atoms with E-state index in [9.17, 15) is 14.7 Å². The highest BCUT2D eigenvalue weighted by Crippen LogP contribution is 2.40. The second-order valence-corrected chi connectivity index (χ2v) is 7.53. The van der Waals surface area contributed by atoms with E-state index in [1.807, 2.05) is 6.07 Å². The van der Waals surface area contributed by atoms with E-state index in [0.29, 0.717) is 23.7 Å². The lowest BCUT2D eigenvalue weighted by atomic mass is 9.99. The highest BCUT2D eigenvalue weighted by atomic mass is 16.5. The Bertz CT molecular complexity index is 1120. The summed E-state index contributed by atoms with van der Waals surface area (Å²) in [5, 5.41) is 11.1. The maximum Gasteiger partial charge on any atom is 0.296 e. The number of aliphatic hydroxyl groups is 1. The number of Topliss-reactive ketones (excluding diaryl/α,β-unsaturated/α-hetero) is 1. The second kappa shape index (κ2) is 9.51. The molecular weight excluding hydrogens is 408 g/mol. The lowest BCUT2D eigenvalue weighted by molar-refractivity contribution is -0.140. The number of aromatic nitrogens is 1. The highest BCUT2D eigenvalue weighted by Gasteiger charge is 2.47. The summed E-state index contributed by atoms with van der Waals surface area (Å²) >= 11 is 0. The number of likely N-dealkylation sites (tertiary alicyclic amines) is 1. The van der Waals surface area contributed by atoms with E-state index < -0.39 is 17.7 Å². The number of benzene rings is 1. The Hall–Kier alpha value is -3.87. The first-order valence-corrected chi connectivity index (χ1v) is 10.5. The normalized spacial score (nSPS) is 17.7. The zero-order valence-corrected chi connectivity index (χ0v) is 17.7. The fourth-order valence-electron chi connectivity index (χ4n) is 3.70. The fraction of sp³-hybridized carbons (Fsp3) is 0.240. The van der Waals surface area contributed by atoms with Crippen molar-refractivity contribution in [1.29, 1.82) is 0 Å². The number of aliphatic hydroxyl groups excluding tert-OH is 1. The van der Waals surface area contributed by atoms with Gasteiger partial charge in [-0.3, -0.25) is 14.6 Å². The molecule has 1 aromatic carbocycles. The molecule has 0 radical (unpaired) electrons. The molecule has 1 amide bonds. The smallest absolute Gasteiger partial charge is 0.296 e. The van der Waals surface area contributed by atoms with Crippen molar-refractivity contribution >= 4 is 17.4 Å². The van der Waals surface area contributed by atoms with E-state index in [4.69, 9.17) is 9.15 Å². The molecule has 3 heterocycles. The Labute approximate surface area is 186 Å². The average molecular weight is 432 g/mol. The number of carbonyl (C=O) groups is 2. The number of rotatable bonds is 8. The molecule has 164 valence electrons. The Morgan fingerprint density at radius 1 is 1.19 bits per heavy atom. The molecular formula is C25H24N2O5. The number of pyridine rings is 1. The van der Waals surface area contributed by atoms with Crippen LogP contribution in [0.2, 0.25) is 0 Å². The van der Waals surface area contributed by atoms with E-state index in [2.05, 4.69) is 11.9 Å². The molecule has 3 aromatic rings. The summed E-state index contributed by atoms with van der Waals surface area (Å²) in [5.41, 5.74) is 1.15. The molecule has 4 rings (SSSR count). The topological polar surface area (TPSA) is 92.9 Å². The summed E-state index contributed by atoms with van der Waals surface area (Å²) in [5.74, 6) is -0.747. The monoisotopic (exact) mass is 432 g/mol. The van der Waals surface area contributed by atoms with Crippen LogP contribution in [0.15, 0.2) is 77.2 Å². The van der Waals surface area contributed by atoms with Crippen molar-refractivity contribution in [2.75, 3.05) is 6.61 Å². The summed E-state index contributed by atoms with van der Waals surface area (Å²) in [6, 6.07) is 13.0. The maximum atomic E-state index is 13.0. The van der Waals surface area contributed by atoms with Crippen molar-refractivity contribution in [3.8, 4) is 5.75 Å². The minimum atomic E-state index is -0.852. The van der Waals surface area contributed by atoms with Crippen LogP contribution in [-0.2, 0) is 16.1 Å². The Morgan fingerprint density at radius 2 is 2.06 bits per heavy atom. The van der Waals surface area contributed by atoms with Gasteiger partial charge >= 0.3 is 0 Å². The van der Waals surface area contributed by atoms with Crippen molar-refractivity contribution in [1.82, 2.24) is 9.88 Å². The molecule has 2 aromatic heterocycles. The van der Waals surface area contributed by atoms with Crippen LogP contribution in [0.3, 0.4) is 0 Å². The molecule has 1 aliphatic rings. The lowest BCUT2D eigenvalue weighted by Crippen LogP contribution is -2.29. The fourth-order valence-corrected chi connectivity index (χ4v) is 3.70. The van der Waals surface area contributed by atoms with Crippen molar-refractivity contribution in [2.45, 2.75) is 32.4 Å². The quantitative estimate of drug-likeness (QED) is 0.244. The first-order valence-electron chi connectivity index (χ1n) is 10.5. The third kappa shape index (κ3) is 4.27. The molecule has 1 atom stereocenters. The molecule has 32 heavy (non-hydrogen) atoms. The largest absolute Gasteiger partial charge is 0.507 e. The van der Waals surface area contributed by atoms with Gasteiger partial charge in [0.15, 0.2) is 0 Å². The van der Waals surface area contributed by atoms with E-state index in [1.165, 1.54) is 11.2 Å². The van der Waals surface area contributed by atoms with Gasteiger partial charge in [-0.25, -0.2) is 0 Å². The zero-order chi connectivity index (χ0) is 22.5. The van der Waals surface area contributed by atoms with Gasteiger partial charge in [0.25, 0.3) is 11.7 Å². The molecule has 0 saturated carbocycles. The number of ether oxygens (including phenoxy) is 1. The SMILES string of the molecule is CCCCOc1cccc(C(O)=C2C(=O)C(=O)N(Cc3cccnc3)C2c2ccco2)c1. The first-order chi connectivity index (χ1) is 15.6. The third-order valence-electron chi connectivity index (χ3n) is 5.30. The minimum absolute atomic E-state index is 0.0143. The van der Waals surface area contributed by atoms with Gasteiger partial charge in [-0.1, -0.05) is 31.5 Å². The molecule has 1 fully saturated rings. The van der Waals surface area contributed by atoms with Gasteiger partial charge in [0.2, 0.25) is 0 Å². The molecule has 7 heteroatoms. The van der Waals surface area contributed by atoms with Crippen molar-refractivity contribution in [3.05, 3.63) is 89.6 Å². The van der Waals surface area contributed by atoms with Gasteiger partial charge in [-0.2, -0.15) is 0 Å². The number of amides is 1. The van der Waals surface area contributed by atoms with Crippen LogP contribution in [0.1, 0.15) is 42.7 Å². The summed E-state index contributed by atoms with van der Waals surface area (Å²) < 4.78 is 11.3. The predicted octanol–water partition coefficient (Wildman–Crippen LogP) is 4.48. The number of hydrogen-bond acceptors (Lipinski definition) is 6. The zero-order valence-electron chi connectivity index (χ0n) is 17.7. The molecule has 1 unspecified atom stereocenters. The molecule has 0 spiro atoms. The number of ketones is 1. The van der Waals surface area contributed by atoms with Gasteiger partial charge in [-0.15, -0.1) is 0 Å². The highest BCUT2D eigenvalue weighted by molar-refractivity contribution is 6.46. The van der Waals surface area contributed by atoms with Gasteiger partial charge in [0.1, 0.15) is 23.3 Å². The van der Waals surface area contributed by atoms with E-state index in [1.54, 1.807) is 54.9 Å². The molecule has 0 aliphatic carbocycles. The summed E-state index contributed by atoms with van der Waals surface area (Å²) in [4.78, 5) is 31.4. The third-order valence-corrected chi connectivity index (χ3v) is 5.30.